The predicted octanol–water partition coefficient (Wildman–Crippen LogP) is 3.60. The molecular formula is C17H14O4S. The molecule has 1 heterocycles. The standard InChI is InChI=1S/C17H14O4S/c1-3-21-17(19)14-11(20-2)8-9-13-15(14)16(18)10-6-4-5-7-12(10)22-13/h4-9H,3H2,1-2H3. The molecule has 0 N–H and O–H groups in total. The number of carbonyl (C=O) groups is 1. The van der Waals surface area contributed by atoms with Crippen molar-refractivity contribution in [2.45, 2.75) is 6.92 Å². The Hall–Kier alpha value is -2.40. The van der Waals surface area contributed by atoms with Crippen molar-refractivity contribution >= 4 is 37.5 Å². The van der Waals surface area contributed by atoms with E-state index in [0.29, 0.717) is 16.5 Å². The average molecular weight is 314 g/mol. The molecule has 0 atom stereocenters. The van der Waals surface area contributed by atoms with Crippen molar-refractivity contribution < 1.29 is 14.3 Å². The van der Waals surface area contributed by atoms with Gasteiger partial charge in [-0.2, -0.15) is 0 Å². The van der Waals surface area contributed by atoms with Crippen LogP contribution < -0.4 is 10.2 Å². The fraction of sp³-hybridized carbons (Fsp3) is 0.176. The first-order chi connectivity index (χ1) is 10.7. The third-order valence-electron chi connectivity index (χ3n) is 3.41. The second-order valence-electron chi connectivity index (χ2n) is 4.66. The summed E-state index contributed by atoms with van der Waals surface area (Å²) in [5.74, 6) is -0.185. The van der Waals surface area contributed by atoms with Gasteiger partial charge in [0, 0.05) is 14.8 Å². The van der Waals surface area contributed by atoms with Gasteiger partial charge in [-0.1, -0.05) is 12.1 Å². The first-order valence-electron chi connectivity index (χ1n) is 6.87. The maximum atomic E-state index is 12.8. The fourth-order valence-corrected chi connectivity index (χ4v) is 3.53. The molecule has 22 heavy (non-hydrogen) atoms. The van der Waals surface area contributed by atoms with Gasteiger partial charge in [0.15, 0.2) is 5.43 Å². The number of fused-ring (bicyclic) bond motifs is 2. The zero-order chi connectivity index (χ0) is 15.7. The van der Waals surface area contributed by atoms with Crippen LogP contribution in [0.5, 0.6) is 5.75 Å². The van der Waals surface area contributed by atoms with Gasteiger partial charge in [0.1, 0.15) is 11.3 Å². The molecule has 1 aromatic heterocycles. The molecule has 0 aliphatic heterocycles. The minimum atomic E-state index is -0.537. The molecule has 3 rings (SSSR count). The van der Waals surface area contributed by atoms with Gasteiger partial charge in [-0.3, -0.25) is 4.79 Å². The van der Waals surface area contributed by atoms with E-state index in [9.17, 15) is 9.59 Å². The van der Waals surface area contributed by atoms with Gasteiger partial charge in [0.05, 0.1) is 19.1 Å². The van der Waals surface area contributed by atoms with E-state index in [1.54, 1.807) is 25.1 Å². The zero-order valence-electron chi connectivity index (χ0n) is 12.2. The lowest BCUT2D eigenvalue weighted by Gasteiger charge is -2.11. The van der Waals surface area contributed by atoms with Gasteiger partial charge < -0.3 is 9.47 Å². The van der Waals surface area contributed by atoms with Gasteiger partial charge in [-0.15, -0.1) is 11.3 Å². The van der Waals surface area contributed by atoms with Crippen LogP contribution >= 0.6 is 11.3 Å². The van der Waals surface area contributed by atoms with Gasteiger partial charge >= 0.3 is 5.97 Å². The molecular weight excluding hydrogens is 300 g/mol. The Morgan fingerprint density at radius 1 is 1.14 bits per heavy atom. The topological polar surface area (TPSA) is 52.6 Å². The molecule has 0 bridgehead atoms. The minimum absolute atomic E-state index is 0.175. The third-order valence-corrected chi connectivity index (χ3v) is 4.54. The Bertz CT molecular complexity index is 927. The van der Waals surface area contributed by atoms with Crippen molar-refractivity contribution in [2.75, 3.05) is 13.7 Å². The molecule has 0 aliphatic rings. The van der Waals surface area contributed by atoms with Crippen molar-refractivity contribution in [3.05, 3.63) is 52.2 Å². The number of esters is 1. The van der Waals surface area contributed by atoms with Crippen LogP contribution in [0.3, 0.4) is 0 Å². The van der Waals surface area contributed by atoms with Gasteiger partial charge in [-0.25, -0.2) is 4.79 Å². The van der Waals surface area contributed by atoms with Crippen LogP contribution in [0.1, 0.15) is 17.3 Å². The smallest absolute Gasteiger partial charge is 0.342 e. The summed E-state index contributed by atoms with van der Waals surface area (Å²) in [6, 6.07) is 10.9. The monoisotopic (exact) mass is 314 g/mol. The summed E-state index contributed by atoms with van der Waals surface area (Å²) in [5, 5.41) is 0.959. The molecule has 0 spiro atoms. The van der Waals surface area contributed by atoms with E-state index in [4.69, 9.17) is 9.47 Å². The number of methoxy groups -OCH3 is 1. The Kier molecular flexibility index (Phi) is 3.81. The summed E-state index contributed by atoms with van der Waals surface area (Å²) >= 11 is 1.47. The summed E-state index contributed by atoms with van der Waals surface area (Å²) in [5.41, 5.74) is 0.0279. The minimum Gasteiger partial charge on any atom is -0.496 e. The Balaban J connectivity index is 2.47. The number of ether oxygens (including phenoxy) is 2. The Morgan fingerprint density at radius 3 is 2.64 bits per heavy atom. The quantitative estimate of drug-likeness (QED) is 0.547. The van der Waals surface area contributed by atoms with Crippen LogP contribution in [0.15, 0.2) is 41.2 Å². The summed E-state index contributed by atoms with van der Waals surface area (Å²) in [4.78, 5) is 25.1. The number of carbonyl (C=O) groups excluding carboxylic acids is 1. The predicted molar refractivity (Wildman–Crippen MR) is 88.1 cm³/mol. The van der Waals surface area contributed by atoms with Crippen molar-refractivity contribution in [3.63, 3.8) is 0 Å². The third kappa shape index (κ3) is 2.23. The van der Waals surface area contributed by atoms with Crippen molar-refractivity contribution in [2.24, 2.45) is 0 Å². The fourth-order valence-electron chi connectivity index (χ4n) is 2.45. The number of rotatable bonds is 3. The van der Waals surface area contributed by atoms with Crippen molar-refractivity contribution in [3.8, 4) is 5.75 Å². The highest BCUT2D eigenvalue weighted by Gasteiger charge is 2.21. The lowest BCUT2D eigenvalue weighted by molar-refractivity contribution is 0.0525. The number of benzene rings is 2. The summed E-state index contributed by atoms with van der Waals surface area (Å²) in [6.45, 7) is 1.97. The maximum Gasteiger partial charge on any atom is 0.342 e. The van der Waals surface area contributed by atoms with Crippen LogP contribution in [0.4, 0.5) is 0 Å². The lowest BCUT2D eigenvalue weighted by Crippen LogP contribution is -2.12. The molecule has 0 radical (unpaired) electrons. The van der Waals surface area contributed by atoms with Crippen LogP contribution in [-0.2, 0) is 4.74 Å². The van der Waals surface area contributed by atoms with E-state index in [1.165, 1.54) is 18.4 Å². The molecule has 4 nitrogen and oxygen atoms in total. The lowest BCUT2D eigenvalue weighted by atomic mass is 10.1. The first-order valence-corrected chi connectivity index (χ1v) is 7.68. The molecule has 0 aliphatic carbocycles. The van der Waals surface area contributed by atoms with E-state index in [-0.39, 0.29) is 17.6 Å². The van der Waals surface area contributed by atoms with Gasteiger partial charge in [-0.05, 0) is 31.2 Å². The molecule has 0 unspecified atom stereocenters. The second kappa shape index (κ2) is 5.77. The summed E-state index contributed by atoms with van der Waals surface area (Å²) in [6.07, 6.45) is 0. The number of hydrogen-bond donors (Lipinski definition) is 0. The summed E-state index contributed by atoms with van der Waals surface area (Å²) < 4.78 is 12.0. The van der Waals surface area contributed by atoms with Gasteiger partial charge in [0.25, 0.3) is 0 Å². The van der Waals surface area contributed by atoms with Crippen LogP contribution in [0.25, 0.3) is 20.2 Å². The van der Waals surface area contributed by atoms with E-state index in [0.717, 1.165) is 9.40 Å². The molecule has 0 saturated carbocycles. The Labute approximate surface area is 130 Å². The largest absolute Gasteiger partial charge is 0.496 e. The van der Waals surface area contributed by atoms with E-state index < -0.39 is 5.97 Å². The molecule has 0 saturated heterocycles. The average Bonchev–Trinajstić information content (AvgIpc) is 2.54. The van der Waals surface area contributed by atoms with E-state index in [1.807, 2.05) is 18.2 Å². The molecule has 112 valence electrons. The summed E-state index contributed by atoms with van der Waals surface area (Å²) in [7, 11) is 1.47. The number of hydrogen-bond acceptors (Lipinski definition) is 5. The van der Waals surface area contributed by atoms with E-state index in [2.05, 4.69) is 0 Å². The van der Waals surface area contributed by atoms with Crippen LogP contribution in [0, 0.1) is 0 Å². The highest BCUT2D eigenvalue weighted by molar-refractivity contribution is 7.24. The highest BCUT2D eigenvalue weighted by Crippen LogP contribution is 2.32. The van der Waals surface area contributed by atoms with Crippen molar-refractivity contribution in [1.29, 1.82) is 0 Å². The van der Waals surface area contributed by atoms with Crippen LogP contribution in [0.2, 0.25) is 0 Å². The zero-order valence-corrected chi connectivity index (χ0v) is 13.0. The molecule has 0 amide bonds. The molecule has 0 fully saturated rings. The highest BCUT2D eigenvalue weighted by atomic mass is 32.1. The first kappa shape index (κ1) is 14.5. The van der Waals surface area contributed by atoms with Crippen molar-refractivity contribution in [1.82, 2.24) is 0 Å². The van der Waals surface area contributed by atoms with E-state index >= 15 is 0 Å². The second-order valence-corrected chi connectivity index (χ2v) is 5.75. The SMILES string of the molecule is CCOC(=O)c1c(OC)ccc2sc3ccccc3c(=O)c12. The molecule has 3 aromatic rings. The van der Waals surface area contributed by atoms with Gasteiger partial charge in [0.2, 0.25) is 0 Å². The normalized spacial score (nSPS) is 10.8. The molecule has 5 heteroatoms. The maximum absolute atomic E-state index is 12.8. The van der Waals surface area contributed by atoms with Crippen LogP contribution in [-0.4, -0.2) is 19.7 Å². The molecule has 2 aromatic carbocycles. The Morgan fingerprint density at radius 2 is 1.91 bits per heavy atom.